The lowest BCUT2D eigenvalue weighted by Gasteiger charge is -2.26. The van der Waals surface area contributed by atoms with Gasteiger partial charge in [0.15, 0.2) is 11.5 Å². The average molecular weight is 468 g/mol. The number of thiazole rings is 1. The lowest BCUT2D eigenvalue weighted by atomic mass is 9.82. The number of allylic oxidation sites excluding steroid dienone is 2. The number of nitro benzene ring substituents is 1. The molecule has 1 aromatic heterocycles. The minimum absolute atomic E-state index is 0.0165. The van der Waals surface area contributed by atoms with E-state index < -0.39 is 4.92 Å². The van der Waals surface area contributed by atoms with Gasteiger partial charge >= 0.3 is 0 Å². The first-order valence-corrected chi connectivity index (χ1v) is 11.5. The van der Waals surface area contributed by atoms with Gasteiger partial charge in [0.1, 0.15) is 0 Å². The molecule has 3 aromatic rings. The van der Waals surface area contributed by atoms with Crippen molar-refractivity contribution in [3.8, 4) is 11.5 Å². The SMILES string of the molecule is COc1cc(CCNC(=O)C2CC=CCC2c2nc3ccccc3s2)c([N+](=O)[O-])cc1OC. The summed E-state index contributed by atoms with van der Waals surface area (Å²) >= 11 is 1.63. The number of para-hydroxylation sites is 1. The minimum atomic E-state index is -0.450. The Morgan fingerprint density at radius 2 is 1.91 bits per heavy atom. The summed E-state index contributed by atoms with van der Waals surface area (Å²) in [5.41, 5.74) is 1.37. The molecular weight excluding hydrogens is 442 g/mol. The molecule has 4 rings (SSSR count). The van der Waals surface area contributed by atoms with E-state index in [2.05, 4.69) is 11.4 Å². The number of methoxy groups -OCH3 is 2. The first kappa shape index (κ1) is 22.7. The average Bonchev–Trinajstić information content (AvgIpc) is 3.27. The van der Waals surface area contributed by atoms with E-state index in [1.54, 1.807) is 17.4 Å². The van der Waals surface area contributed by atoms with Gasteiger partial charge in [0.05, 0.1) is 46.4 Å². The third-order valence-corrected chi connectivity index (χ3v) is 7.04. The molecule has 0 radical (unpaired) electrons. The number of hydrogen-bond donors (Lipinski definition) is 1. The number of carbonyl (C=O) groups is 1. The highest BCUT2D eigenvalue weighted by Gasteiger charge is 2.32. The van der Waals surface area contributed by atoms with Gasteiger partial charge in [-0.3, -0.25) is 14.9 Å². The molecular formula is C24H25N3O5S. The van der Waals surface area contributed by atoms with Crippen molar-refractivity contribution in [1.82, 2.24) is 10.3 Å². The van der Waals surface area contributed by atoms with Crippen LogP contribution in [0, 0.1) is 16.0 Å². The molecule has 2 aromatic carbocycles. The zero-order valence-corrected chi connectivity index (χ0v) is 19.3. The van der Waals surface area contributed by atoms with Gasteiger partial charge < -0.3 is 14.8 Å². The Morgan fingerprint density at radius 3 is 2.64 bits per heavy atom. The van der Waals surface area contributed by atoms with Crippen LogP contribution < -0.4 is 14.8 Å². The number of aromatic nitrogens is 1. The molecule has 0 saturated heterocycles. The Morgan fingerprint density at radius 1 is 1.18 bits per heavy atom. The summed E-state index contributed by atoms with van der Waals surface area (Å²) in [6, 6.07) is 10.9. The Hall–Kier alpha value is -3.46. The van der Waals surface area contributed by atoms with Crippen molar-refractivity contribution in [2.45, 2.75) is 25.2 Å². The fraction of sp³-hybridized carbons (Fsp3) is 0.333. The molecule has 0 saturated carbocycles. The lowest BCUT2D eigenvalue weighted by molar-refractivity contribution is -0.385. The van der Waals surface area contributed by atoms with Crippen LogP contribution in [0.15, 0.2) is 48.6 Å². The second-order valence-electron chi connectivity index (χ2n) is 7.81. The number of benzene rings is 2. The molecule has 1 aliphatic rings. The van der Waals surface area contributed by atoms with Crippen molar-refractivity contribution in [2.24, 2.45) is 5.92 Å². The van der Waals surface area contributed by atoms with Gasteiger partial charge in [0.25, 0.3) is 5.69 Å². The van der Waals surface area contributed by atoms with E-state index in [9.17, 15) is 14.9 Å². The maximum Gasteiger partial charge on any atom is 0.276 e. The maximum absolute atomic E-state index is 13.1. The molecule has 9 heteroatoms. The number of nitrogens with one attached hydrogen (secondary N) is 1. The largest absolute Gasteiger partial charge is 0.493 e. The highest BCUT2D eigenvalue weighted by molar-refractivity contribution is 7.18. The van der Waals surface area contributed by atoms with Crippen molar-refractivity contribution in [3.05, 3.63) is 69.2 Å². The number of hydrogen-bond acceptors (Lipinski definition) is 7. The van der Waals surface area contributed by atoms with Gasteiger partial charge in [-0.05, 0) is 37.5 Å². The number of nitro groups is 1. The van der Waals surface area contributed by atoms with Gasteiger partial charge in [0, 0.05) is 18.0 Å². The normalized spacial score (nSPS) is 17.6. The van der Waals surface area contributed by atoms with E-state index in [4.69, 9.17) is 14.5 Å². The predicted molar refractivity (Wildman–Crippen MR) is 127 cm³/mol. The maximum atomic E-state index is 13.1. The summed E-state index contributed by atoms with van der Waals surface area (Å²) < 4.78 is 11.6. The predicted octanol–water partition coefficient (Wildman–Crippen LogP) is 4.63. The molecule has 33 heavy (non-hydrogen) atoms. The van der Waals surface area contributed by atoms with Gasteiger partial charge in [-0.15, -0.1) is 11.3 Å². The molecule has 0 fully saturated rings. The van der Waals surface area contributed by atoms with Crippen molar-refractivity contribution in [3.63, 3.8) is 0 Å². The zero-order valence-electron chi connectivity index (χ0n) is 18.4. The number of amides is 1. The summed E-state index contributed by atoms with van der Waals surface area (Å²) in [6.45, 7) is 0.280. The molecule has 2 atom stereocenters. The molecule has 1 aliphatic carbocycles. The second kappa shape index (κ2) is 9.99. The van der Waals surface area contributed by atoms with E-state index in [1.165, 1.54) is 20.3 Å². The molecule has 0 bridgehead atoms. The van der Waals surface area contributed by atoms with Gasteiger partial charge in [-0.2, -0.15) is 0 Å². The topological polar surface area (TPSA) is 104 Å². The summed E-state index contributed by atoms with van der Waals surface area (Å²) in [6.07, 6.45) is 5.85. The third kappa shape index (κ3) is 4.83. The van der Waals surface area contributed by atoms with E-state index in [0.717, 1.165) is 21.6 Å². The molecule has 2 unspecified atom stereocenters. The number of rotatable bonds is 8. The van der Waals surface area contributed by atoms with Crippen molar-refractivity contribution < 1.29 is 19.2 Å². The quantitative estimate of drug-likeness (QED) is 0.294. The van der Waals surface area contributed by atoms with Crippen LogP contribution in [0.25, 0.3) is 10.2 Å². The molecule has 8 nitrogen and oxygen atoms in total. The smallest absolute Gasteiger partial charge is 0.276 e. The Balaban J connectivity index is 1.47. The fourth-order valence-electron chi connectivity index (χ4n) is 4.16. The molecule has 0 spiro atoms. The standard InChI is InChI=1S/C24H25N3O5S/c1-31-20-13-15(19(27(29)30)14-21(20)32-2)11-12-25-23(28)16-7-3-4-8-17(16)24-26-18-9-5-6-10-22(18)33-24/h3-6,9-10,13-14,16-17H,7-8,11-12H2,1-2H3,(H,25,28). The number of nitrogens with zero attached hydrogens (tertiary/aromatic N) is 2. The van der Waals surface area contributed by atoms with Crippen LogP contribution in [0.3, 0.4) is 0 Å². The van der Waals surface area contributed by atoms with Gasteiger partial charge in [-0.25, -0.2) is 4.98 Å². The zero-order chi connectivity index (χ0) is 23.4. The number of fused-ring (bicyclic) bond motifs is 1. The lowest BCUT2D eigenvalue weighted by Crippen LogP contribution is -2.36. The van der Waals surface area contributed by atoms with E-state index in [-0.39, 0.29) is 30.0 Å². The summed E-state index contributed by atoms with van der Waals surface area (Å²) in [4.78, 5) is 28.9. The first-order chi connectivity index (χ1) is 16.0. The molecule has 1 amide bonds. The van der Waals surface area contributed by atoms with Crippen LogP contribution >= 0.6 is 11.3 Å². The van der Waals surface area contributed by atoms with E-state index >= 15 is 0 Å². The van der Waals surface area contributed by atoms with Crippen molar-refractivity contribution in [1.29, 1.82) is 0 Å². The minimum Gasteiger partial charge on any atom is -0.493 e. The Bertz CT molecular complexity index is 1170. The van der Waals surface area contributed by atoms with Crippen LogP contribution in [0.1, 0.15) is 29.3 Å². The third-order valence-electron chi connectivity index (χ3n) is 5.87. The van der Waals surface area contributed by atoms with Crippen molar-refractivity contribution in [2.75, 3.05) is 20.8 Å². The highest BCUT2D eigenvalue weighted by Crippen LogP contribution is 2.39. The summed E-state index contributed by atoms with van der Waals surface area (Å²) in [7, 11) is 2.91. The summed E-state index contributed by atoms with van der Waals surface area (Å²) in [5.74, 6) is 0.438. The van der Waals surface area contributed by atoms with Crippen molar-refractivity contribution >= 4 is 33.1 Å². The van der Waals surface area contributed by atoms with E-state index in [0.29, 0.717) is 29.9 Å². The van der Waals surface area contributed by atoms with Crippen LogP contribution in [-0.4, -0.2) is 36.6 Å². The van der Waals surface area contributed by atoms with Gasteiger partial charge in [0.2, 0.25) is 5.91 Å². The van der Waals surface area contributed by atoms with Crippen LogP contribution in [0.5, 0.6) is 11.5 Å². The van der Waals surface area contributed by atoms with E-state index in [1.807, 2.05) is 30.3 Å². The van der Waals surface area contributed by atoms with Gasteiger partial charge in [-0.1, -0.05) is 24.3 Å². The fourth-order valence-corrected chi connectivity index (χ4v) is 5.30. The molecule has 172 valence electrons. The molecule has 1 N–H and O–H groups in total. The summed E-state index contributed by atoms with van der Waals surface area (Å²) in [5, 5.41) is 15.5. The molecule has 0 aliphatic heterocycles. The first-order valence-electron chi connectivity index (χ1n) is 10.7. The second-order valence-corrected chi connectivity index (χ2v) is 8.87. The van der Waals surface area contributed by atoms with Crippen LogP contribution in [0.4, 0.5) is 5.69 Å². The Labute approximate surface area is 195 Å². The Kier molecular flexibility index (Phi) is 6.88. The van der Waals surface area contributed by atoms with Crippen LogP contribution in [-0.2, 0) is 11.2 Å². The highest BCUT2D eigenvalue weighted by atomic mass is 32.1. The number of ether oxygens (including phenoxy) is 2. The molecule has 1 heterocycles. The monoisotopic (exact) mass is 467 g/mol. The van der Waals surface area contributed by atoms with Crippen LogP contribution in [0.2, 0.25) is 0 Å². The number of carbonyl (C=O) groups excluding carboxylic acids is 1.